The Labute approximate surface area is 116 Å². The maximum atomic E-state index is 13.3. The van der Waals surface area contributed by atoms with Crippen LogP contribution in [0.1, 0.15) is 25.8 Å². The van der Waals surface area contributed by atoms with Crippen molar-refractivity contribution in [2.45, 2.75) is 37.7 Å². The number of halogens is 2. The molecule has 4 heteroatoms. The maximum absolute atomic E-state index is 13.3. The van der Waals surface area contributed by atoms with Crippen LogP contribution in [0.15, 0.2) is 18.2 Å². The first-order chi connectivity index (χ1) is 8.65. The summed E-state index contributed by atoms with van der Waals surface area (Å²) in [5.74, 6) is -0.178. The van der Waals surface area contributed by atoms with Crippen molar-refractivity contribution in [3.8, 4) is 0 Å². The molecule has 18 heavy (non-hydrogen) atoms. The van der Waals surface area contributed by atoms with Gasteiger partial charge in [-0.3, -0.25) is 0 Å². The van der Waals surface area contributed by atoms with Crippen LogP contribution in [0.4, 0.5) is 10.1 Å². The van der Waals surface area contributed by atoms with Gasteiger partial charge in [0.15, 0.2) is 0 Å². The molecule has 2 rings (SSSR count). The Balaban J connectivity index is 2.32. The summed E-state index contributed by atoms with van der Waals surface area (Å²) in [6.07, 6.45) is 1.26. The molecule has 1 heterocycles. The van der Waals surface area contributed by atoms with Gasteiger partial charge in [-0.15, -0.1) is 0 Å². The molecule has 2 atom stereocenters. The van der Waals surface area contributed by atoms with Gasteiger partial charge < -0.3 is 9.64 Å². The zero-order valence-corrected chi connectivity index (χ0v) is 12.4. The van der Waals surface area contributed by atoms with Gasteiger partial charge in [-0.05, 0) is 37.1 Å². The molecular weight excluding hydrogens is 297 g/mol. The third-order valence-corrected chi connectivity index (χ3v) is 4.04. The van der Waals surface area contributed by atoms with E-state index in [0.29, 0.717) is 11.4 Å². The summed E-state index contributed by atoms with van der Waals surface area (Å²) in [4.78, 5) is 2.35. The minimum Gasteiger partial charge on any atom is -0.375 e. The molecule has 0 radical (unpaired) electrons. The first-order valence-electron chi connectivity index (χ1n) is 6.38. The third-order valence-electron chi connectivity index (χ3n) is 3.43. The summed E-state index contributed by atoms with van der Waals surface area (Å²) in [5, 5.41) is 0.669. The van der Waals surface area contributed by atoms with Crippen LogP contribution in [0.2, 0.25) is 0 Å². The maximum Gasteiger partial charge on any atom is 0.123 e. The minimum atomic E-state index is -0.178. The van der Waals surface area contributed by atoms with Crippen molar-refractivity contribution in [1.82, 2.24) is 0 Å². The number of hydrogen-bond donors (Lipinski definition) is 0. The smallest absolute Gasteiger partial charge is 0.123 e. The number of nitrogens with zero attached hydrogens (tertiary/aromatic N) is 1. The van der Waals surface area contributed by atoms with Crippen LogP contribution in [-0.4, -0.2) is 25.3 Å². The molecule has 0 spiro atoms. The van der Waals surface area contributed by atoms with Gasteiger partial charge in [0.2, 0.25) is 0 Å². The van der Waals surface area contributed by atoms with E-state index in [4.69, 9.17) is 4.74 Å². The molecule has 0 aliphatic carbocycles. The molecule has 0 aromatic heterocycles. The van der Waals surface area contributed by atoms with Crippen molar-refractivity contribution in [3.05, 3.63) is 29.6 Å². The van der Waals surface area contributed by atoms with Crippen LogP contribution < -0.4 is 4.90 Å². The molecule has 1 aromatic carbocycles. The van der Waals surface area contributed by atoms with E-state index in [1.54, 1.807) is 6.07 Å². The number of morpholine rings is 1. The lowest BCUT2D eigenvalue weighted by molar-refractivity contribution is 0.0299. The largest absolute Gasteiger partial charge is 0.375 e. The highest BCUT2D eigenvalue weighted by atomic mass is 79.9. The number of ether oxygens (including phenoxy) is 1. The van der Waals surface area contributed by atoms with Crippen molar-refractivity contribution in [2.24, 2.45) is 0 Å². The summed E-state index contributed by atoms with van der Waals surface area (Å²) in [6.45, 7) is 5.85. The molecule has 0 bridgehead atoms. The molecule has 1 aromatic rings. The summed E-state index contributed by atoms with van der Waals surface area (Å²) < 4.78 is 19.0. The van der Waals surface area contributed by atoms with Gasteiger partial charge in [0.1, 0.15) is 5.82 Å². The molecule has 0 amide bonds. The molecule has 1 aliphatic heterocycles. The molecule has 2 unspecified atom stereocenters. The second-order valence-corrected chi connectivity index (χ2v) is 5.33. The Kier molecular flexibility index (Phi) is 4.62. The van der Waals surface area contributed by atoms with E-state index in [-0.39, 0.29) is 11.9 Å². The van der Waals surface area contributed by atoms with E-state index in [1.807, 2.05) is 6.07 Å². The predicted octanol–water partition coefficient (Wildman–Crippen LogP) is 3.72. The Morgan fingerprint density at radius 1 is 1.50 bits per heavy atom. The molecule has 100 valence electrons. The lowest BCUT2D eigenvalue weighted by atomic mass is 10.1. The SMILES string of the molecule is CCC1COC(C)CN1c1ccc(F)cc1CBr. The lowest BCUT2D eigenvalue weighted by Gasteiger charge is -2.40. The van der Waals surface area contributed by atoms with Gasteiger partial charge in [-0.2, -0.15) is 0 Å². The van der Waals surface area contributed by atoms with E-state index in [2.05, 4.69) is 34.7 Å². The van der Waals surface area contributed by atoms with Crippen molar-refractivity contribution in [2.75, 3.05) is 18.1 Å². The Morgan fingerprint density at radius 3 is 2.94 bits per heavy atom. The fourth-order valence-electron chi connectivity index (χ4n) is 2.42. The van der Waals surface area contributed by atoms with Crippen LogP contribution in [0, 0.1) is 5.82 Å². The number of rotatable bonds is 3. The monoisotopic (exact) mass is 315 g/mol. The fourth-order valence-corrected chi connectivity index (χ4v) is 2.87. The molecular formula is C14H19BrFNO. The summed E-state index contributed by atoms with van der Waals surface area (Å²) in [7, 11) is 0. The summed E-state index contributed by atoms with van der Waals surface area (Å²) in [6, 6.07) is 5.40. The van der Waals surface area contributed by atoms with E-state index in [1.165, 1.54) is 6.07 Å². The third kappa shape index (κ3) is 2.86. The Bertz CT molecular complexity index is 413. The zero-order valence-electron chi connectivity index (χ0n) is 10.8. The van der Waals surface area contributed by atoms with Crippen LogP contribution in [0.25, 0.3) is 0 Å². The van der Waals surface area contributed by atoms with Crippen LogP contribution >= 0.6 is 15.9 Å². The number of anilines is 1. The van der Waals surface area contributed by atoms with E-state index < -0.39 is 0 Å². The average molecular weight is 316 g/mol. The van der Waals surface area contributed by atoms with E-state index in [9.17, 15) is 4.39 Å². The van der Waals surface area contributed by atoms with Crippen LogP contribution in [0.3, 0.4) is 0 Å². The Morgan fingerprint density at radius 2 is 2.28 bits per heavy atom. The quantitative estimate of drug-likeness (QED) is 0.788. The van der Waals surface area contributed by atoms with Gasteiger partial charge in [0, 0.05) is 17.6 Å². The lowest BCUT2D eigenvalue weighted by Crippen LogP contribution is -2.49. The molecule has 1 saturated heterocycles. The Hall–Kier alpha value is -0.610. The normalized spacial score (nSPS) is 24.3. The molecule has 2 nitrogen and oxygen atoms in total. The molecule has 1 fully saturated rings. The van der Waals surface area contributed by atoms with Crippen molar-refractivity contribution in [3.63, 3.8) is 0 Å². The van der Waals surface area contributed by atoms with Gasteiger partial charge in [-0.1, -0.05) is 22.9 Å². The highest BCUT2D eigenvalue weighted by Gasteiger charge is 2.27. The topological polar surface area (TPSA) is 12.5 Å². The standard InChI is InChI=1S/C14H19BrFNO/c1-3-13-9-18-10(2)8-17(13)14-5-4-12(16)6-11(14)7-15/h4-6,10,13H,3,7-9H2,1-2H3. The minimum absolute atomic E-state index is 0.178. The van der Waals surface area contributed by atoms with E-state index in [0.717, 1.165) is 30.8 Å². The summed E-state index contributed by atoms with van der Waals surface area (Å²) >= 11 is 3.44. The van der Waals surface area contributed by atoms with Crippen LogP contribution in [-0.2, 0) is 10.1 Å². The van der Waals surface area contributed by atoms with Gasteiger partial charge in [0.05, 0.1) is 18.8 Å². The second-order valence-electron chi connectivity index (χ2n) is 4.77. The average Bonchev–Trinajstić information content (AvgIpc) is 2.38. The first-order valence-corrected chi connectivity index (χ1v) is 7.50. The fraction of sp³-hybridized carbons (Fsp3) is 0.571. The van der Waals surface area contributed by atoms with Crippen molar-refractivity contribution in [1.29, 1.82) is 0 Å². The van der Waals surface area contributed by atoms with Crippen molar-refractivity contribution >= 4 is 21.6 Å². The molecule has 1 aliphatic rings. The predicted molar refractivity (Wildman–Crippen MR) is 75.9 cm³/mol. The molecule has 0 N–H and O–H groups in total. The first kappa shape index (κ1) is 13.8. The van der Waals surface area contributed by atoms with Gasteiger partial charge in [-0.25, -0.2) is 4.39 Å². The zero-order chi connectivity index (χ0) is 13.1. The van der Waals surface area contributed by atoms with E-state index >= 15 is 0 Å². The van der Waals surface area contributed by atoms with Gasteiger partial charge in [0.25, 0.3) is 0 Å². The van der Waals surface area contributed by atoms with Gasteiger partial charge >= 0.3 is 0 Å². The number of alkyl halides is 1. The number of benzene rings is 1. The molecule has 0 saturated carbocycles. The highest BCUT2D eigenvalue weighted by molar-refractivity contribution is 9.08. The van der Waals surface area contributed by atoms with Crippen molar-refractivity contribution < 1.29 is 9.13 Å². The number of hydrogen-bond acceptors (Lipinski definition) is 2. The highest BCUT2D eigenvalue weighted by Crippen LogP contribution is 2.29. The van der Waals surface area contributed by atoms with Crippen LogP contribution in [0.5, 0.6) is 0 Å². The second kappa shape index (κ2) is 6.02. The summed E-state index contributed by atoms with van der Waals surface area (Å²) in [5.41, 5.74) is 2.12.